The first-order valence-corrected chi connectivity index (χ1v) is 6.24. The van der Waals surface area contributed by atoms with Crippen LogP contribution in [0.2, 0.25) is 0 Å². The van der Waals surface area contributed by atoms with Crippen LogP contribution in [0.25, 0.3) is 0 Å². The predicted molar refractivity (Wildman–Crippen MR) is 75.6 cm³/mol. The zero-order valence-corrected chi connectivity index (χ0v) is 11.0. The number of aryl methyl sites for hydroxylation is 3. The predicted octanol–water partition coefficient (Wildman–Crippen LogP) is 2.36. The van der Waals surface area contributed by atoms with Crippen LogP contribution >= 0.6 is 0 Å². The molecule has 0 saturated carbocycles. The fourth-order valence-corrected chi connectivity index (χ4v) is 2.03. The second kappa shape index (κ2) is 5.58. The summed E-state index contributed by atoms with van der Waals surface area (Å²) in [7, 11) is 1.95. The number of nitrogens with zero attached hydrogens (tertiary/aromatic N) is 2. The summed E-state index contributed by atoms with van der Waals surface area (Å²) in [4.78, 5) is 0. The molecular formula is C14H20N4. The monoisotopic (exact) mass is 244 g/mol. The summed E-state index contributed by atoms with van der Waals surface area (Å²) in [6.45, 7) is 2.92. The van der Waals surface area contributed by atoms with Crippen molar-refractivity contribution in [2.45, 2.75) is 19.8 Å². The second-order valence-corrected chi connectivity index (χ2v) is 4.52. The van der Waals surface area contributed by atoms with Gasteiger partial charge in [-0.05, 0) is 31.4 Å². The van der Waals surface area contributed by atoms with Crippen molar-refractivity contribution < 1.29 is 0 Å². The summed E-state index contributed by atoms with van der Waals surface area (Å²) in [5, 5.41) is 7.68. The molecule has 4 nitrogen and oxygen atoms in total. The molecule has 1 heterocycles. The van der Waals surface area contributed by atoms with Gasteiger partial charge in [-0.25, -0.2) is 0 Å². The molecular weight excluding hydrogens is 224 g/mol. The zero-order valence-electron chi connectivity index (χ0n) is 11.0. The van der Waals surface area contributed by atoms with E-state index in [1.807, 2.05) is 36.9 Å². The third-order valence-corrected chi connectivity index (χ3v) is 2.99. The first-order chi connectivity index (χ1) is 8.66. The molecule has 18 heavy (non-hydrogen) atoms. The highest BCUT2D eigenvalue weighted by Crippen LogP contribution is 2.13. The molecule has 0 aliphatic rings. The number of hydrogen-bond donors (Lipinski definition) is 2. The first kappa shape index (κ1) is 12.5. The highest BCUT2D eigenvalue weighted by molar-refractivity contribution is 5.46. The van der Waals surface area contributed by atoms with Crippen LogP contribution in [-0.2, 0) is 13.5 Å². The van der Waals surface area contributed by atoms with Gasteiger partial charge < -0.3 is 11.1 Å². The first-order valence-electron chi connectivity index (χ1n) is 6.24. The van der Waals surface area contributed by atoms with Gasteiger partial charge in [-0.3, -0.25) is 4.68 Å². The topological polar surface area (TPSA) is 55.9 Å². The van der Waals surface area contributed by atoms with Crippen LogP contribution in [0.4, 0.5) is 11.5 Å². The molecule has 0 radical (unpaired) electrons. The Bertz CT molecular complexity index is 516. The number of nitrogens with two attached hydrogens (primary N) is 1. The molecule has 3 N–H and O–H groups in total. The summed E-state index contributed by atoms with van der Waals surface area (Å²) in [5.41, 5.74) is 9.05. The van der Waals surface area contributed by atoms with Crippen molar-refractivity contribution in [1.29, 1.82) is 0 Å². The van der Waals surface area contributed by atoms with Crippen LogP contribution in [-0.4, -0.2) is 16.3 Å². The van der Waals surface area contributed by atoms with E-state index in [9.17, 15) is 0 Å². The fraction of sp³-hybridized carbons (Fsp3) is 0.357. The van der Waals surface area contributed by atoms with Crippen molar-refractivity contribution in [3.05, 3.63) is 41.6 Å². The lowest BCUT2D eigenvalue weighted by Crippen LogP contribution is -2.07. The Morgan fingerprint density at radius 3 is 2.78 bits per heavy atom. The van der Waals surface area contributed by atoms with E-state index in [0.29, 0.717) is 0 Å². The molecule has 1 aromatic carbocycles. The molecule has 0 aliphatic heterocycles. The van der Waals surface area contributed by atoms with Gasteiger partial charge in [-0.1, -0.05) is 18.2 Å². The van der Waals surface area contributed by atoms with E-state index in [1.54, 1.807) is 0 Å². The van der Waals surface area contributed by atoms with Crippen molar-refractivity contribution in [3.63, 3.8) is 0 Å². The molecule has 0 fully saturated rings. The summed E-state index contributed by atoms with van der Waals surface area (Å²) in [6.07, 6.45) is 2.05. The average molecular weight is 244 g/mol. The van der Waals surface area contributed by atoms with Gasteiger partial charge in [0.1, 0.15) is 5.82 Å². The lowest BCUT2D eigenvalue weighted by Gasteiger charge is -2.07. The number of anilines is 2. The van der Waals surface area contributed by atoms with E-state index in [2.05, 4.69) is 22.5 Å². The van der Waals surface area contributed by atoms with Crippen LogP contribution in [0.3, 0.4) is 0 Å². The van der Waals surface area contributed by atoms with Gasteiger partial charge in [-0.2, -0.15) is 5.10 Å². The van der Waals surface area contributed by atoms with Crippen molar-refractivity contribution in [2.24, 2.45) is 7.05 Å². The SMILES string of the molecule is Cc1cc(NCCCc2ccccc2N)n(C)n1. The van der Waals surface area contributed by atoms with Gasteiger partial charge in [0.25, 0.3) is 0 Å². The van der Waals surface area contributed by atoms with Crippen LogP contribution < -0.4 is 11.1 Å². The molecule has 0 saturated heterocycles. The van der Waals surface area contributed by atoms with Crippen LogP contribution in [0, 0.1) is 6.92 Å². The third kappa shape index (κ3) is 3.03. The average Bonchev–Trinajstić information content (AvgIpc) is 2.65. The highest BCUT2D eigenvalue weighted by atomic mass is 15.3. The molecule has 0 atom stereocenters. The van der Waals surface area contributed by atoms with E-state index in [-0.39, 0.29) is 0 Å². The van der Waals surface area contributed by atoms with Crippen molar-refractivity contribution in [2.75, 3.05) is 17.6 Å². The number of aromatic nitrogens is 2. The van der Waals surface area contributed by atoms with E-state index in [4.69, 9.17) is 5.73 Å². The van der Waals surface area contributed by atoms with E-state index < -0.39 is 0 Å². The standard InChI is InChI=1S/C14H20N4/c1-11-10-14(18(2)17-11)16-9-5-7-12-6-3-4-8-13(12)15/h3-4,6,8,10,16H,5,7,9,15H2,1-2H3. The van der Waals surface area contributed by atoms with E-state index >= 15 is 0 Å². The highest BCUT2D eigenvalue weighted by Gasteiger charge is 2.01. The summed E-state index contributed by atoms with van der Waals surface area (Å²) < 4.78 is 1.87. The number of nitrogen functional groups attached to an aromatic ring is 1. The quantitative estimate of drug-likeness (QED) is 0.627. The Kier molecular flexibility index (Phi) is 3.87. The largest absolute Gasteiger partial charge is 0.399 e. The van der Waals surface area contributed by atoms with Crippen molar-refractivity contribution in [1.82, 2.24) is 9.78 Å². The second-order valence-electron chi connectivity index (χ2n) is 4.52. The van der Waals surface area contributed by atoms with Gasteiger partial charge in [0.2, 0.25) is 0 Å². The normalized spacial score (nSPS) is 10.6. The molecule has 1 aromatic heterocycles. The summed E-state index contributed by atoms with van der Waals surface area (Å²) in [5.74, 6) is 1.06. The molecule has 4 heteroatoms. The smallest absolute Gasteiger partial charge is 0.124 e. The van der Waals surface area contributed by atoms with Crippen LogP contribution in [0.1, 0.15) is 17.7 Å². The number of nitrogens with one attached hydrogen (secondary N) is 1. The van der Waals surface area contributed by atoms with Crippen LogP contribution in [0.15, 0.2) is 30.3 Å². The van der Waals surface area contributed by atoms with Gasteiger partial charge in [0.05, 0.1) is 5.69 Å². The fourth-order valence-electron chi connectivity index (χ4n) is 2.03. The van der Waals surface area contributed by atoms with Gasteiger partial charge >= 0.3 is 0 Å². The summed E-state index contributed by atoms with van der Waals surface area (Å²) >= 11 is 0. The number of rotatable bonds is 5. The van der Waals surface area contributed by atoms with Gasteiger partial charge in [0, 0.05) is 25.3 Å². The van der Waals surface area contributed by atoms with Crippen molar-refractivity contribution >= 4 is 11.5 Å². The number of benzene rings is 1. The molecule has 2 rings (SSSR count). The zero-order chi connectivity index (χ0) is 13.0. The Hall–Kier alpha value is -1.97. The van der Waals surface area contributed by atoms with Gasteiger partial charge in [0.15, 0.2) is 0 Å². The molecule has 0 spiro atoms. The van der Waals surface area contributed by atoms with E-state index in [0.717, 1.165) is 36.6 Å². The number of para-hydroxylation sites is 1. The molecule has 0 aliphatic carbocycles. The Morgan fingerprint density at radius 1 is 1.33 bits per heavy atom. The minimum atomic E-state index is 0.883. The molecule has 0 bridgehead atoms. The van der Waals surface area contributed by atoms with Crippen LogP contribution in [0.5, 0.6) is 0 Å². The molecule has 0 unspecified atom stereocenters. The maximum absolute atomic E-state index is 5.91. The van der Waals surface area contributed by atoms with E-state index in [1.165, 1.54) is 5.56 Å². The lowest BCUT2D eigenvalue weighted by atomic mass is 10.1. The lowest BCUT2D eigenvalue weighted by molar-refractivity contribution is 0.751. The molecule has 0 amide bonds. The number of hydrogen-bond acceptors (Lipinski definition) is 3. The minimum absolute atomic E-state index is 0.883. The van der Waals surface area contributed by atoms with Crippen molar-refractivity contribution in [3.8, 4) is 0 Å². The maximum atomic E-state index is 5.91. The minimum Gasteiger partial charge on any atom is -0.399 e. The molecule has 2 aromatic rings. The third-order valence-electron chi connectivity index (χ3n) is 2.99. The van der Waals surface area contributed by atoms with Gasteiger partial charge in [-0.15, -0.1) is 0 Å². The Labute approximate surface area is 108 Å². The molecule has 96 valence electrons. The summed E-state index contributed by atoms with van der Waals surface area (Å²) in [6, 6.07) is 10.1. The Balaban J connectivity index is 1.80. The Morgan fingerprint density at radius 2 is 2.11 bits per heavy atom. The maximum Gasteiger partial charge on any atom is 0.124 e.